The number of hydrogen-bond acceptors (Lipinski definition) is 32. The number of H-pyrrole nitrogens is 1. The van der Waals surface area contributed by atoms with Crippen LogP contribution in [0.4, 0.5) is 52.6 Å². The van der Waals surface area contributed by atoms with Gasteiger partial charge in [-0.05, 0) is 246 Å². The normalized spacial score (nSPS) is 16.1. The number of aliphatic hydroxyl groups is 2. The Kier molecular flexibility index (Phi) is 37.2. The minimum atomic E-state index is -1.88. The molecule has 0 unspecified atom stereocenters. The molecular formula is C106H159Cl2N29O10Si3. The Labute approximate surface area is 895 Å². The van der Waals surface area contributed by atoms with Crippen molar-refractivity contribution < 1.29 is 47.2 Å². The lowest BCUT2D eigenvalue weighted by Crippen LogP contribution is -2.45. The second-order valence-electron chi connectivity index (χ2n) is 43.2. The zero-order chi connectivity index (χ0) is 109. The van der Waals surface area contributed by atoms with E-state index in [-0.39, 0.29) is 51.0 Å². The zero-order valence-electron chi connectivity index (χ0n) is 94.1. The average molecular weight is 2150 g/mol. The summed E-state index contributed by atoms with van der Waals surface area (Å²) in [6, 6.07) is 12.8. The summed E-state index contributed by atoms with van der Waals surface area (Å²) in [6.07, 6.45) is 19.4. The lowest BCUT2D eigenvalue weighted by molar-refractivity contribution is 0.263. The molecule has 7 N–H and O–H groups in total. The van der Waals surface area contributed by atoms with Crippen LogP contribution in [0.25, 0.3) is 61.2 Å². The van der Waals surface area contributed by atoms with E-state index in [4.69, 9.17) is 96.0 Å². The first kappa shape index (κ1) is 115. The van der Waals surface area contributed by atoms with Gasteiger partial charge in [0.1, 0.15) is 59.6 Å². The fraction of sp³-hybridized carbons (Fsp3) is 0.557. The molecule has 4 atom stereocenters. The predicted molar refractivity (Wildman–Crippen MR) is 608 cm³/mol. The van der Waals surface area contributed by atoms with E-state index < -0.39 is 25.0 Å². The molecule has 0 saturated carbocycles. The number of aryl methyl sites for hydroxylation is 9. The van der Waals surface area contributed by atoms with Gasteiger partial charge in [0.2, 0.25) is 28.2 Å². The molecule has 0 spiro atoms. The minimum Gasteiger partial charge on any atom is -0.496 e. The topological polar surface area (TPSA) is 416 Å². The van der Waals surface area contributed by atoms with Crippen molar-refractivity contribution in [3.63, 3.8) is 0 Å². The van der Waals surface area contributed by atoms with Crippen LogP contribution in [0.1, 0.15) is 186 Å². The van der Waals surface area contributed by atoms with Crippen molar-refractivity contribution in [3.05, 3.63) is 130 Å². The van der Waals surface area contributed by atoms with Crippen LogP contribution in [0.5, 0.6) is 28.7 Å². The number of fused-ring (bicyclic) bond motifs is 4. The second kappa shape index (κ2) is 48.4. The lowest BCUT2D eigenvalue weighted by atomic mass is 10.1. The summed E-state index contributed by atoms with van der Waals surface area (Å²) in [4.78, 5) is 60.0. The van der Waals surface area contributed by atoms with Crippen molar-refractivity contribution in [2.45, 2.75) is 295 Å². The molecule has 4 fully saturated rings. The van der Waals surface area contributed by atoms with Crippen LogP contribution in [0, 0.1) is 55.4 Å². The number of aliphatic hydroxyl groups excluding tert-OH is 2. The fourth-order valence-corrected chi connectivity index (χ4v) is 21.8. The molecule has 4 aliphatic rings. The molecule has 15 heterocycles. The highest BCUT2D eigenvalue weighted by atomic mass is 35.5. The van der Waals surface area contributed by atoms with Crippen LogP contribution in [-0.4, -0.2) is 262 Å². The van der Waals surface area contributed by atoms with E-state index in [0.29, 0.717) is 77.5 Å². The van der Waals surface area contributed by atoms with E-state index in [1.807, 2.05) is 101 Å². The maximum Gasteiger partial charge on any atom is 0.232 e. The Morgan fingerprint density at radius 1 is 0.420 bits per heavy atom. The molecule has 3 aromatic carbocycles. The van der Waals surface area contributed by atoms with Crippen LogP contribution >= 0.6 is 23.2 Å². The first-order valence-electron chi connectivity index (χ1n) is 52.0. The van der Waals surface area contributed by atoms with Crippen LogP contribution in [0.3, 0.4) is 0 Å². The number of ether oxygens (including phenoxy) is 5. The molecule has 14 aromatic rings. The highest BCUT2D eigenvalue weighted by molar-refractivity contribution is 6.75. The molecule has 11 aromatic heterocycles. The molecule has 0 radical (unpaired) electrons. The maximum atomic E-state index is 9.94. The number of benzene rings is 3. The number of hydrogen-bond donors (Lipinski definition) is 6. The van der Waals surface area contributed by atoms with Gasteiger partial charge in [0.25, 0.3) is 0 Å². The number of nitrogen functional groups attached to an aromatic ring is 1. The van der Waals surface area contributed by atoms with Gasteiger partial charge in [-0.25, -0.2) is 29.0 Å². The molecule has 0 aliphatic carbocycles. The second-order valence-corrected chi connectivity index (χ2v) is 58.3. The minimum absolute atomic E-state index is 0.0456. The molecule has 18 rings (SSSR count). The number of aromatic nitrogens is 22. The number of methoxy groups -OCH3 is 5. The number of nitrogens with one attached hydrogen (secondary N) is 3. The van der Waals surface area contributed by atoms with Gasteiger partial charge in [0.15, 0.2) is 70.7 Å². The van der Waals surface area contributed by atoms with Gasteiger partial charge < -0.3 is 96.8 Å². The molecule has 150 heavy (non-hydrogen) atoms. The van der Waals surface area contributed by atoms with Crippen molar-refractivity contribution in [2.24, 2.45) is 0 Å². The van der Waals surface area contributed by atoms with Gasteiger partial charge in [-0.2, -0.15) is 60.3 Å². The molecule has 0 amide bonds. The van der Waals surface area contributed by atoms with E-state index in [1.165, 1.54) is 0 Å². The van der Waals surface area contributed by atoms with Gasteiger partial charge in [0, 0.05) is 82.4 Å². The number of rotatable bonds is 29. The smallest absolute Gasteiger partial charge is 0.232 e. The maximum absolute atomic E-state index is 9.94. The third kappa shape index (κ3) is 25.7. The van der Waals surface area contributed by atoms with Crippen molar-refractivity contribution in [3.8, 4) is 45.8 Å². The Balaban J connectivity index is 0.000000159. The Bertz CT molecular complexity index is 6950. The highest BCUT2D eigenvalue weighted by Crippen LogP contribution is 2.46. The largest absolute Gasteiger partial charge is 0.496 e. The van der Waals surface area contributed by atoms with Gasteiger partial charge in [-0.15, -0.1) is 0 Å². The number of imidazole rings is 3. The van der Waals surface area contributed by atoms with Gasteiger partial charge in [-0.1, -0.05) is 62.3 Å². The summed E-state index contributed by atoms with van der Waals surface area (Å²) < 4.78 is 58.1. The number of aromatic amines is 1. The number of nitrogens with two attached hydrogens (primary N) is 1. The van der Waals surface area contributed by atoms with Crippen LogP contribution in [-0.2, 0) is 32.9 Å². The Hall–Kier alpha value is -11.9. The lowest BCUT2D eigenvalue weighted by Gasteiger charge is -2.38. The Morgan fingerprint density at radius 2 is 0.747 bits per heavy atom. The van der Waals surface area contributed by atoms with E-state index in [1.54, 1.807) is 72.2 Å². The summed E-state index contributed by atoms with van der Waals surface area (Å²) >= 11 is 12.4. The molecule has 4 saturated heterocycles. The van der Waals surface area contributed by atoms with Crippen molar-refractivity contribution >= 4 is 145 Å². The third-order valence-corrected chi connectivity index (χ3v) is 44.1. The van der Waals surface area contributed by atoms with Crippen LogP contribution in [0.15, 0.2) is 74.0 Å². The number of nitrogens with zero attached hydrogens (tertiary/aromatic N) is 25. The molecular weight excluding hydrogens is 1990 g/mol. The van der Waals surface area contributed by atoms with E-state index in [9.17, 15) is 5.11 Å². The van der Waals surface area contributed by atoms with Crippen molar-refractivity contribution in [1.82, 2.24) is 108 Å². The molecule has 39 nitrogen and oxygen atoms in total. The molecule has 814 valence electrons. The summed E-state index contributed by atoms with van der Waals surface area (Å²) in [5.74, 6) is 9.62. The van der Waals surface area contributed by atoms with Gasteiger partial charge >= 0.3 is 0 Å². The summed E-state index contributed by atoms with van der Waals surface area (Å²) in [5, 5.41) is 50.6. The van der Waals surface area contributed by atoms with Crippen molar-refractivity contribution in [2.75, 3.05) is 131 Å². The van der Waals surface area contributed by atoms with E-state index in [0.717, 1.165) is 239 Å². The predicted octanol–water partition coefficient (Wildman–Crippen LogP) is 21.0. The number of anilines is 9. The molecule has 4 aliphatic heterocycles. The summed E-state index contributed by atoms with van der Waals surface area (Å²) in [5.41, 5.74) is 19.7. The third-order valence-electron chi connectivity index (χ3n) is 30.2. The Morgan fingerprint density at radius 3 is 1.09 bits per heavy atom. The standard InChI is InChI=1S/C31H46N8O2Si.C25H32N8O2.C19H32ClN5OSi.C17H28ClN5OSi.C12H15N3O3.C2H6O/c1-11-39-29-27(22(4)36-39)28(38-14-12-13-23(38)18-41-42(9,10)31(5,6)7)34-30(35-29)33-26-17-37(19-32-26)24-15-20(2)21(3)25(16-24)40-8;1-6-33-24-22(17(4)30-33)23(32-9-7-8-18(32)13-34)28-25(29-24)27-21-12-31(14-26-21)19-10-15(2)16(3)20(11-19)35-5;1-8-25-17-15(13(2)23-25)16(21-18(20)22-17)24-11-9-10-14(24)12-26-27(6,7)19(3,4)5;1-11-13-14(22-21-11)19-16(18)20-15(13)23-9-7-8-12(23)10-24-25(5,6)17(2,3)4;1-16-9-4-8(15-6-11(13)14-7-15)5-10(17-2)12(9)18-3;1-2-3/h15-17,19,23H,11-14,18H2,1-10H3,(H,33,34,35);10-12,14,18,34H,6-9,13H2,1-5H3,(H,27,28,29);14H,8-12H2,1-7H3;12H,7-10H2,1-6H3,(H,19,20,21,22);4-7H,13H2,1-3H3;3H,2H2,1H3/t23-;18-;14-;12-;;/m0000../s1. The monoisotopic (exact) mass is 2150 g/mol. The average Bonchev–Trinajstić information content (AvgIpc) is 1.62. The highest BCUT2D eigenvalue weighted by Gasteiger charge is 2.44. The van der Waals surface area contributed by atoms with E-state index >= 15 is 0 Å². The van der Waals surface area contributed by atoms with Crippen molar-refractivity contribution in [1.29, 1.82) is 0 Å². The fourth-order valence-electron chi connectivity index (χ4n) is 18.3. The molecule has 0 bridgehead atoms. The zero-order valence-corrected chi connectivity index (χ0v) is 98.6. The number of halogens is 2. The first-order chi connectivity index (χ1) is 71.0. The SMILES string of the molecule is CCO.CCn1nc(C)c2c(N3CCC[C@H]3CO)nc(Nc3cn(-c4cc(C)c(C)c(OC)c4)cn3)nc21.CCn1nc(C)c2c(N3CCC[C@H]3CO[Si](C)(C)C(C)(C)C)nc(Cl)nc21.CCn1nc(C)c2c(N3CCC[C@H]3CO[Si](C)(C)C(C)(C)C)nc(Nc3cn(-c4cc(C)c(C)c(OC)c4)cn3)nc21.COc1cc(-n2cnc(N)c2)cc(OC)c1OC.Cc1[nH]nc2nc(Cl)nc(N3CCC[C@H]3CO[Si](C)(C)C(C)(C)C)c12. The van der Waals surface area contributed by atoms with Crippen LogP contribution in [0.2, 0.25) is 65.0 Å². The van der Waals surface area contributed by atoms with Gasteiger partial charge in [0.05, 0.1) is 160 Å². The summed E-state index contributed by atoms with van der Waals surface area (Å²) in [6.45, 7) is 67.0. The van der Waals surface area contributed by atoms with Crippen LogP contribution < -0.4 is 59.7 Å². The molecule has 44 heteroatoms. The quantitative estimate of drug-likeness (QED) is 0.0187. The van der Waals surface area contributed by atoms with Gasteiger partial charge in [-0.3, -0.25) is 5.10 Å². The van der Waals surface area contributed by atoms with E-state index in [2.05, 4.69) is 234 Å². The summed E-state index contributed by atoms with van der Waals surface area (Å²) in [7, 11) is 2.66. The first-order valence-corrected chi connectivity index (χ1v) is 61.5.